The van der Waals surface area contributed by atoms with Crippen LogP contribution in [0, 0.1) is 0 Å². The van der Waals surface area contributed by atoms with Gasteiger partial charge < -0.3 is 9.47 Å². The van der Waals surface area contributed by atoms with Gasteiger partial charge in [0.15, 0.2) is 0 Å². The smallest absolute Gasteiger partial charge is 0.419 e. The van der Waals surface area contributed by atoms with E-state index in [-0.39, 0.29) is 22.9 Å². The number of methoxy groups -OCH3 is 2. The van der Waals surface area contributed by atoms with Crippen molar-refractivity contribution in [1.82, 2.24) is 0 Å². The van der Waals surface area contributed by atoms with Crippen LogP contribution < -0.4 is 9.47 Å². The number of benzene rings is 2. The molecule has 0 heterocycles. The Morgan fingerprint density at radius 2 is 1.03 bits per heavy atom. The molecule has 2 aromatic rings. The van der Waals surface area contributed by atoms with Crippen LogP contribution >= 0.6 is 0 Å². The third kappa shape index (κ3) is 6.77. The zero-order valence-electron chi connectivity index (χ0n) is 15.3. The third-order valence-electron chi connectivity index (χ3n) is 3.33. The summed E-state index contributed by atoms with van der Waals surface area (Å²) in [6, 6.07) is 5.78. The molecule has 6 nitrogen and oxygen atoms in total. The van der Waals surface area contributed by atoms with E-state index in [2.05, 4.69) is 19.5 Å². The van der Waals surface area contributed by atoms with Crippen molar-refractivity contribution >= 4 is 23.5 Å². The number of aliphatic imine (C=N–C) groups is 2. The SMILES string of the molecule is COc1cc(N=C=O)ccc1C(F)(F)F.COc1cc(N=C=O)ccc1C(F)(F)F. The number of ether oxygens (including phenoxy) is 2. The summed E-state index contributed by atoms with van der Waals surface area (Å²) in [6.45, 7) is 0. The van der Waals surface area contributed by atoms with Crippen molar-refractivity contribution in [2.24, 2.45) is 9.98 Å². The van der Waals surface area contributed by atoms with Crippen LogP contribution in [-0.2, 0) is 21.9 Å². The Kier molecular flexibility index (Phi) is 8.34. The lowest BCUT2D eigenvalue weighted by atomic mass is 10.2. The van der Waals surface area contributed by atoms with E-state index >= 15 is 0 Å². The van der Waals surface area contributed by atoms with Crippen molar-refractivity contribution in [2.75, 3.05) is 14.2 Å². The summed E-state index contributed by atoms with van der Waals surface area (Å²) in [7, 11) is 2.22. The summed E-state index contributed by atoms with van der Waals surface area (Å²) in [5.74, 6) is -0.752. The van der Waals surface area contributed by atoms with Gasteiger partial charge in [0.1, 0.15) is 11.5 Å². The summed E-state index contributed by atoms with van der Waals surface area (Å²) < 4.78 is 83.3. The molecule has 0 spiro atoms. The number of alkyl halides is 6. The fraction of sp³-hybridized carbons (Fsp3) is 0.222. The summed E-state index contributed by atoms with van der Waals surface area (Å²) in [5, 5.41) is 0. The first-order valence-corrected chi connectivity index (χ1v) is 7.64. The molecule has 2 aromatic carbocycles. The minimum Gasteiger partial charge on any atom is -0.496 e. The Labute approximate surface area is 165 Å². The van der Waals surface area contributed by atoms with E-state index in [1.165, 1.54) is 12.2 Å². The van der Waals surface area contributed by atoms with Crippen LogP contribution in [0.1, 0.15) is 11.1 Å². The number of hydrogen-bond donors (Lipinski definition) is 0. The standard InChI is InChI=1S/2C9H6F3NO2/c2*1-15-8-4-6(13-5-14)2-3-7(8)9(10,11)12/h2*2-4H,1H3. The van der Waals surface area contributed by atoms with Crippen molar-refractivity contribution in [1.29, 1.82) is 0 Å². The van der Waals surface area contributed by atoms with Gasteiger partial charge in [-0.3, -0.25) is 0 Å². The van der Waals surface area contributed by atoms with Gasteiger partial charge in [0.25, 0.3) is 0 Å². The highest BCUT2D eigenvalue weighted by atomic mass is 19.4. The fourth-order valence-corrected chi connectivity index (χ4v) is 2.07. The number of halogens is 6. The Bertz CT molecular complexity index is 896. The van der Waals surface area contributed by atoms with Gasteiger partial charge in [-0.2, -0.15) is 36.3 Å². The highest BCUT2D eigenvalue weighted by Gasteiger charge is 2.35. The summed E-state index contributed by atoms with van der Waals surface area (Å²) in [4.78, 5) is 26.2. The van der Waals surface area contributed by atoms with Crippen molar-refractivity contribution in [2.45, 2.75) is 12.4 Å². The second-order valence-electron chi connectivity index (χ2n) is 5.17. The van der Waals surface area contributed by atoms with E-state index < -0.39 is 23.5 Å². The predicted octanol–water partition coefficient (Wildman–Crippen LogP) is 5.36. The maximum Gasteiger partial charge on any atom is 0.419 e. The molecule has 0 unspecified atom stereocenters. The number of nitrogens with zero attached hydrogens (tertiary/aromatic N) is 2. The largest absolute Gasteiger partial charge is 0.496 e. The minimum absolute atomic E-state index is 0.0647. The maximum atomic E-state index is 12.4. The topological polar surface area (TPSA) is 77.3 Å². The van der Waals surface area contributed by atoms with E-state index in [0.717, 1.165) is 50.6 Å². The molecule has 2 rings (SSSR count). The van der Waals surface area contributed by atoms with Crippen LogP contribution in [0.3, 0.4) is 0 Å². The van der Waals surface area contributed by atoms with Gasteiger partial charge in [-0.15, -0.1) is 0 Å². The summed E-state index contributed by atoms with van der Waals surface area (Å²) in [6.07, 6.45) is -6.52. The van der Waals surface area contributed by atoms with Crippen molar-refractivity contribution in [3.05, 3.63) is 47.5 Å². The second kappa shape index (κ2) is 10.2. The first-order chi connectivity index (χ1) is 14.0. The molecule has 30 heavy (non-hydrogen) atoms. The van der Waals surface area contributed by atoms with Crippen LogP contribution in [0.25, 0.3) is 0 Å². The molecule has 0 atom stereocenters. The Morgan fingerprint density at radius 3 is 1.27 bits per heavy atom. The molecule has 0 saturated carbocycles. The van der Waals surface area contributed by atoms with Crippen LogP contribution in [0.4, 0.5) is 37.7 Å². The molecule has 160 valence electrons. The molecule has 0 radical (unpaired) electrons. The highest BCUT2D eigenvalue weighted by Crippen LogP contribution is 2.38. The van der Waals surface area contributed by atoms with Crippen LogP contribution in [-0.4, -0.2) is 26.4 Å². The van der Waals surface area contributed by atoms with Crippen LogP contribution in [0.5, 0.6) is 11.5 Å². The quantitative estimate of drug-likeness (QED) is 0.369. The molecule has 0 aromatic heterocycles. The lowest BCUT2D eigenvalue weighted by Crippen LogP contribution is -2.06. The molecule has 0 fully saturated rings. The van der Waals surface area contributed by atoms with Crippen molar-refractivity contribution in [3.63, 3.8) is 0 Å². The van der Waals surface area contributed by atoms with Gasteiger partial charge in [0.2, 0.25) is 12.2 Å². The van der Waals surface area contributed by atoms with E-state index in [9.17, 15) is 35.9 Å². The molecule has 0 N–H and O–H groups in total. The molecule has 0 saturated heterocycles. The zero-order chi connectivity index (χ0) is 22.9. The first-order valence-electron chi connectivity index (χ1n) is 7.64. The molecule has 0 aliphatic rings. The number of isocyanates is 2. The molecular formula is C18H12F6N2O4. The van der Waals surface area contributed by atoms with E-state index in [0.29, 0.717) is 0 Å². The fourth-order valence-electron chi connectivity index (χ4n) is 2.07. The zero-order valence-corrected chi connectivity index (χ0v) is 15.3. The van der Waals surface area contributed by atoms with Gasteiger partial charge in [-0.1, -0.05) is 0 Å². The lowest BCUT2D eigenvalue weighted by Gasteiger charge is -2.11. The Hall–Kier alpha value is -3.62. The molecule has 0 bridgehead atoms. The number of carbonyl (C=O) groups excluding carboxylic acids is 2. The van der Waals surface area contributed by atoms with Gasteiger partial charge in [0, 0.05) is 12.1 Å². The summed E-state index contributed by atoms with van der Waals surface area (Å²) >= 11 is 0. The third-order valence-corrected chi connectivity index (χ3v) is 3.33. The normalized spacial score (nSPS) is 10.7. The molecular weight excluding hydrogens is 422 g/mol. The highest BCUT2D eigenvalue weighted by molar-refractivity contribution is 5.55. The predicted molar refractivity (Wildman–Crippen MR) is 91.6 cm³/mol. The molecule has 0 amide bonds. The summed E-state index contributed by atoms with van der Waals surface area (Å²) in [5.41, 5.74) is -1.69. The van der Waals surface area contributed by atoms with Gasteiger partial charge in [-0.05, 0) is 24.3 Å². The van der Waals surface area contributed by atoms with Crippen molar-refractivity contribution < 1.29 is 45.4 Å². The molecule has 12 heteroatoms. The second-order valence-corrected chi connectivity index (χ2v) is 5.17. The average molecular weight is 434 g/mol. The molecule has 0 aliphatic carbocycles. The van der Waals surface area contributed by atoms with Crippen molar-refractivity contribution in [3.8, 4) is 11.5 Å². The Morgan fingerprint density at radius 1 is 0.700 bits per heavy atom. The van der Waals surface area contributed by atoms with E-state index in [1.54, 1.807) is 0 Å². The van der Waals surface area contributed by atoms with E-state index in [4.69, 9.17) is 0 Å². The van der Waals surface area contributed by atoms with Gasteiger partial charge in [-0.25, -0.2) is 9.59 Å². The number of rotatable bonds is 4. The average Bonchev–Trinajstić information content (AvgIpc) is 2.67. The Balaban J connectivity index is 0.000000300. The van der Waals surface area contributed by atoms with Gasteiger partial charge in [0.05, 0.1) is 36.7 Å². The maximum absolute atomic E-state index is 12.4. The first kappa shape index (κ1) is 24.4. The van der Waals surface area contributed by atoms with E-state index in [1.807, 2.05) is 0 Å². The lowest BCUT2D eigenvalue weighted by molar-refractivity contribution is -0.139. The monoisotopic (exact) mass is 434 g/mol. The van der Waals surface area contributed by atoms with Gasteiger partial charge >= 0.3 is 12.4 Å². The minimum atomic E-state index is -4.49. The number of hydrogen-bond acceptors (Lipinski definition) is 6. The van der Waals surface area contributed by atoms with Crippen LogP contribution in [0.15, 0.2) is 46.4 Å². The molecule has 0 aliphatic heterocycles. The van der Waals surface area contributed by atoms with Crippen LogP contribution in [0.2, 0.25) is 0 Å².